The van der Waals surface area contributed by atoms with Gasteiger partial charge in [0.05, 0.1) is 30.2 Å². The predicted molar refractivity (Wildman–Crippen MR) is 69.1 cm³/mol. The van der Waals surface area contributed by atoms with Gasteiger partial charge in [0, 0.05) is 5.33 Å². The van der Waals surface area contributed by atoms with Crippen LogP contribution in [0.3, 0.4) is 0 Å². The minimum atomic E-state index is -4.63. The minimum absolute atomic E-state index is 0.0678. The van der Waals surface area contributed by atoms with Crippen molar-refractivity contribution in [1.29, 1.82) is 5.26 Å². The lowest BCUT2D eigenvalue weighted by atomic mass is 9.97. The van der Waals surface area contributed by atoms with Crippen LogP contribution in [0.1, 0.15) is 29.2 Å². The van der Waals surface area contributed by atoms with E-state index in [9.17, 15) is 18.0 Å². The van der Waals surface area contributed by atoms with Crippen LogP contribution < -0.4 is 0 Å². The van der Waals surface area contributed by atoms with Gasteiger partial charge in [-0.3, -0.25) is 4.79 Å². The Hall–Kier alpha value is -1.55. The van der Waals surface area contributed by atoms with Gasteiger partial charge in [-0.15, -0.1) is 0 Å². The Morgan fingerprint density at radius 1 is 1.40 bits per heavy atom. The zero-order valence-electron chi connectivity index (χ0n) is 10.6. The highest BCUT2D eigenvalue weighted by molar-refractivity contribution is 9.08. The first-order valence-corrected chi connectivity index (χ1v) is 6.80. The molecule has 0 aliphatic rings. The standard InChI is InChI=1S/C13H11BrF3NO2/c1-2-20-12(19)5-8-3-9(6-14)10(7-18)4-11(8)13(15,16)17/h3-4H,2,5-6H2,1H3. The lowest BCUT2D eigenvalue weighted by Gasteiger charge is -2.14. The molecular weight excluding hydrogens is 339 g/mol. The average Bonchev–Trinajstić information content (AvgIpc) is 2.37. The van der Waals surface area contributed by atoms with Crippen LogP contribution in [0.15, 0.2) is 12.1 Å². The molecule has 0 fully saturated rings. The summed E-state index contributed by atoms with van der Waals surface area (Å²) in [6.45, 7) is 1.67. The van der Waals surface area contributed by atoms with Crippen LogP contribution >= 0.6 is 15.9 Å². The summed E-state index contributed by atoms with van der Waals surface area (Å²) in [6, 6.07) is 3.70. The van der Waals surface area contributed by atoms with Gasteiger partial charge in [-0.2, -0.15) is 18.4 Å². The molecule has 0 amide bonds. The van der Waals surface area contributed by atoms with Crippen molar-refractivity contribution in [2.45, 2.75) is 24.9 Å². The molecule has 0 radical (unpaired) electrons. The number of benzene rings is 1. The number of hydrogen-bond acceptors (Lipinski definition) is 3. The molecule has 7 heteroatoms. The largest absolute Gasteiger partial charge is 0.466 e. The second kappa shape index (κ2) is 6.75. The van der Waals surface area contributed by atoms with E-state index < -0.39 is 24.1 Å². The van der Waals surface area contributed by atoms with E-state index in [2.05, 4.69) is 20.7 Å². The summed E-state index contributed by atoms with van der Waals surface area (Å²) in [5.41, 5.74) is -0.835. The van der Waals surface area contributed by atoms with Gasteiger partial charge in [-0.25, -0.2) is 0 Å². The molecule has 20 heavy (non-hydrogen) atoms. The van der Waals surface area contributed by atoms with Gasteiger partial charge in [-0.1, -0.05) is 22.0 Å². The van der Waals surface area contributed by atoms with Crippen LogP contribution in [0.25, 0.3) is 0 Å². The number of rotatable bonds is 4. The number of esters is 1. The molecule has 0 aromatic heterocycles. The number of nitrogens with zero attached hydrogens (tertiary/aromatic N) is 1. The van der Waals surface area contributed by atoms with E-state index in [1.54, 1.807) is 13.0 Å². The summed E-state index contributed by atoms with van der Waals surface area (Å²) < 4.78 is 43.6. The van der Waals surface area contributed by atoms with Crippen molar-refractivity contribution in [2.24, 2.45) is 0 Å². The molecule has 0 heterocycles. The number of carbonyl (C=O) groups is 1. The molecule has 0 N–H and O–H groups in total. The first-order chi connectivity index (χ1) is 9.33. The van der Waals surface area contributed by atoms with Gasteiger partial charge < -0.3 is 4.74 Å². The predicted octanol–water partition coefficient (Wildman–Crippen LogP) is 3.58. The number of ether oxygens (including phenoxy) is 1. The van der Waals surface area contributed by atoms with Crippen LogP contribution in [0, 0.1) is 11.3 Å². The number of alkyl halides is 4. The summed E-state index contributed by atoms with van der Waals surface area (Å²) in [5, 5.41) is 9.09. The molecule has 0 aliphatic carbocycles. The van der Waals surface area contributed by atoms with Crippen molar-refractivity contribution in [3.63, 3.8) is 0 Å². The lowest BCUT2D eigenvalue weighted by molar-refractivity contribution is -0.143. The second-order valence-corrected chi connectivity index (χ2v) is 4.45. The Morgan fingerprint density at radius 2 is 2.05 bits per heavy atom. The third-order valence-electron chi connectivity index (χ3n) is 2.54. The number of hydrogen-bond donors (Lipinski definition) is 0. The number of carbonyl (C=O) groups excluding carboxylic acids is 1. The van der Waals surface area contributed by atoms with Crippen molar-refractivity contribution < 1.29 is 22.7 Å². The van der Waals surface area contributed by atoms with Crippen LogP contribution in [-0.4, -0.2) is 12.6 Å². The van der Waals surface area contributed by atoms with Crippen molar-refractivity contribution >= 4 is 21.9 Å². The van der Waals surface area contributed by atoms with Gasteiger partial charge in [0.2, 0.25) is 0 Å². The Morgan fingerprint density at radius 3 is 2.50 bits per heavy atom. The van der Waals surface area contributed by atoms with E-state index >= 15 is 0 Å². The average molecular weight is 350 g/mol. The summed E-state index contributed by atoms with van der Waals surface area (Å²) in [7, 11) is 0. The van der Waals surface area contributed by atoms with Crippen molar-refractivity contribution in [3.05, 3.63) is 34.4 Å². The number of nitriles is 1. The Bertz CT molecular complexity index is 550. The highest BCUT2D eigenvalue weighted by atomic mass is 79.9. The molecule has 0 spiro atoms. The highest BCUT2D eigenvalue weighted by Gasteiger charge is 2.34. The van der Waals surface area contributed by atoms with Gasteiger partial charge in [0.15, 0.2) is 0 Å². The maximum Gasteiger partial charge on any atom is 0.416 e. The van der Waals surface area contributed by atoms with E-state index in [0.29, 0.717) is 5.56 Å². The zero-order valence-corrected chi connectivity index (χ0v) is 12.1. The van der Waals surface area contributed by atoms with Gasteiger partial charge in [0.1, 0.15) is 0 Å². The van der Waals surface area contributed by atoms with Crippen molar-refractivity contribution in [3.8, 4) is 6.07 Å². The molecule has 3 nitrogen and oxygen atoms in total. The highest BCUT2D eigenvalue weighted by Crippen LogP contribution is 2.34. The van der Waals surface area contributed by atoms with E-state index in [1.807, 2.05) is 0 Å². The summed E-state index contributed by atoms with van der Waals surface area (Å²) >= 11 is 3.11. The molecule has 1 aromatic rings. The Kier molecular flexibility index (Phi) is 5.57. The third-order valence-corrected chi connectivity index (χ3v) is 3.14. The molecule has 0 aliphatic heterocycles. The Labute approximate surface area is 122 Å². The van der Waals surface area contributed by atoms with Crippen LogP contribution in [0.2, 0.25) is 0 Å². The molecule has 0 unspecified atom stereocenters. The minimum Gasteiger partial charge on any atom is -0.466 e. The monoisotopic (exact) mass is 349 g/mol. The zero-order chi connectivity index (χ0) is 15.3. The summed E-state index contributed by atoms with van der Waals surface area (Å²) in [5.74, 6) is -0.733. The third kappa shape index (κ3) is 3.97. The van der Waals surface area contributed by atoms with Crippen LogP contribution in [0.4, 0.5) is 13.2 Å². The first-order valence-electron chi connectivity index (χ1n) is 5.68. The number of halogens is 4. The fourth-order valence-corrected chi connectivity index (χ4v) is 2.15. The normalized spacial score (nSPS) is 11.0. The van der Waals surface area contributed by atoms with Crippen LogP contribution in [-0.2, 0) is 27.5 Å². The molecule has 108 valence electrons. The maximum atomic E-state index is 13.0. The van der Waals surface area contributed by atoms with Gasteiger partial charge in [0.25, 0.3) is 0 Å². The van der Waals surface area contributed by atoms with Gasteiger partial charge >= 0.3 is 12.1 Å². The summed E-state index contributed by atoms with van der Waals surface area (Å²) in [4.78, 5) is 11.4. The molecule has 0 bridgehead atoms. The van der Waals surface area contributed by atoms with Crippen LogP contribution in [0.5, 0.6) is 0 Å². The molecular formula is C13H11BrF3NO2. The van der Waals surface area contributed by atoms with Crippen molar-refractivity contribution in [2.75, 3.05) is 6.61 Å². The first kappa shape index (κ1) is 16.5. The van der Waals surface area contributed by atoms with E-state index in [1.165, 1.54) is 6.07 Å². The second-order valence-electron chi connectivity index (χ2n) is 3.89. The molecule has 0 atom stereocenters. The van der Waals surface area contributed by atoms with Crippen molar-refractivity contribution in [1.82, 2.24) is 0 Å². The van der Waals surface area contributed by atoms with E-state index in [-0.39, 0.29) is 23.1 Å². The van der Waals surface area contributed by atoms with Gasteiger partial charge in [-0.05, 0) is 24.1 Å². The SMILES string of the molecule is CCOC(=O)Cc1cc(CBr)c(C#N)cc1C(F)(F)F. The lowest BCUT2D eigenvalue weighted by Crippen LogP contribution is -2.15. The molecule has 1 aromatic carbocycles. The summed E-state index contributed by atoms with van der Waals surface area (Å²) in [6.07, 6.45) is -5.10. The molecule has 1 rings (SSSR count). The van der Waals surface area contributed by atoms with E-state index in [4.69, 9.17) is 5.26 Å². The fourth-order valence-electron chi connectivity index (χ4n) is 1.69. The van der Waals surface area contributed by atoms with E-state index in [0.717, 1.165) is 6.07 Å². The maximum absolute atomic E-state index is 13.0. The topological polar surface area (TPSA) is 50.1 Å². The smallest absolute Gasteiger partial charge is 0.416 e. The quantitative estimate of drug-likeness (QED) is 0.616. The fraction of sp³-hybridized carbons (Fsp3) is 0.385. The molecule has 0 saturated heterocycles. The Balaban J connectivity index is 3.32. The molecule has 0 saturated carbocycles.